The van der Waals surface area contributed by atoms with Crippen molar-refractivity contribution < 1.29 is 0 Å². The predicted molar refractivity (Wildman–Crippen MR) is 72.5 cm³/mol. The van der Waals surface area contributed by atoms with Crippen LogP contribution in [0.15, 0.2) is 6.20 Å². The maximum Gasteiger partial charge on any atom is 0.160 e. The van der Waals surface area contributed by atoms with Gasteiger partial charge in [-0.3, -0.25) is 4.90 Å². The zero-order valence-corrected chi connectivity index (χ0v) is 11.6. The first-order chi connectivity index (χ1) is 8.58. The standard InChI is InChI=1S/C14H20N4/c1-9(2)17-5-6-18-12(8-17)16-13-11(4)10(3)7-15-14(13)18/h7,9H,5-6,8H2,1-4H3. The molecule has 3 heterocycles. The minimum Gasteiger partial charge on any atom is -0.310 e. The Bertz CT molecular complexity index is 597. The van der Waals surface area contributed by atoms with Gasteiger partial charge in [-0.05, 0) is 38.8 Å². The molecule has 0 bridgehead atoms. The molecule has 0 fully saturated rings. The number of aromatic nitrogens is 3. The summed E-state index contributed by atoms with van der Waals surface area (Å²) in [7, 11) is 0. The average Bonchev–Trinajstić information content (AvgIpc) is 2.72. The third-order valence-corrected chi connectivity index (χ3v) is 4.03. The molecule has 0 atom stereocenters. The SMILES string of the molecule is Cc1cnc2c(nc3n2CCN(C(C)C)C3)c1C. The summed E-state index contributed by atoms with van der Waals surface area (Å²) in [6.07, 6.45) is 1.96. The molecule has 0 spiro atoms. The smallest absolute Gasteiger partial charge is 0.160 e. The van der Waals surface area contributed by atoms with E-state index in [9.17, 15) is 0 Å². The van der Waals surface area contributed by atoms with Crippen LogP contribution in [-0.4, -0.2) is 32.0 Å². The number of hydrogen-bond donors (Lipinski definition) is 0. The van der Waals surface area contributed by atoms with Crippen molar-refractivity contribution in [3.63, 3.8) is 0 Å². The lowest BCUT2D eigenvalue weighted by molar-refractivity contribution is 0.175. The molecular weight excluding hydrogens is 224 g/mol. The van der Waals surface area contributed by atoms with Crippen LogP contribution in [0.25, 0.3) is 11.2 Å². The molecule has 4 heteroatoms. The Hall–Kier alpha value is -1.42. The van der Waals surface area contributed by atoms with E-state index < -0.39 is 0 Å². The Labute approximate surface area is 108 Å². The molecule has 0 saturated carbocycles. The highest BCUT2D eigenvalue weighted by Gasteiger charge is 2.22. The van der Waals surface area contributed by atoms with Gasteiger partial charge in [-0.15, -0.1) is 0 Å². The van der Waals surface area contributed by atoms with E-state index in [0.29, 0.717) is 6.04 Å². The molecule has 18 heavy (non-hydrogen) atoms. The lowest BCUT2D eigenvalue weighted by Gasteiger charge is -2.30. The fraction of sp³-hybridized carbons (Fsp3) is 0.571. The van der Waals surface area contributed by atoms with Gasteiger partial charge in [0.15, 0.2) is 5.65 Å². The molecule has 2 aromatic heterocycles. The van der Waals surface area contributed by atoms with Crippen molar-refractivity contribution in [2.45, 2.75) is 46.8 Å². The van der Waals surface area contributed by atoms with Crippen molar-refractivity contribution in [2.24, 2.45) is 0 Å². The third kappa shape index (κ3) is 1.63. The van der Waals surface area contributed by atoms with Gasteiger partial charge in [-0.1, -0.05) is 0 Å². The predicted octanol–water partition coefficient (Wildman–Crippen LogP) is 2.27. The summed E-state index contributed by atoms with van der Waals surface area (Å²) < 4.78 is 2.28. The molecular formula is C14H20N4. The second kappa shape index (κ2) is 4.05. The van der Waals surface area contributed by atoms with Gasteiger partial charge in [0.05, 0.1) is 6.54 Å². The summed E-state index contributed by atoms with van der Waals surface area (Å²) in [5.74, 6) is 1.16. The molecule has 0 saturated heterocycles. The number of aryl methyl sites for hydroxylation is 2. The van der Waals surface area contributed by atoms with Crippen molar-refractivity contribution >= 4 is 11.2 Å². The Morgan fingerprint density at radius 1 is 1.22 bits per heavy atom. The van der Waals surface area contributed by atoms with Crippen molar-refractivity contribution in [3.8, 4) is 0 Å². The minimum absolute atomic E-state index is 0.578. The van der Waals surface area contributed by atoms with E-state index in [4.69, 9.17) is 4.98 Å². The summed E-state index contributed by atoms with van der Waals surface area (Å²) >= 11 is 0. The molecule has 0 radical (unpaired) electrons. The second-order valence-corrected chi connectivity index (χ2v) is 5.48. The van der Waals surface area contributed by atoms with Crippen molar-refractivity contribution in [1.82, 2.24) is 19.4 Å². The van der Waals surface area contributed by atoms with E-state index in [-0.39, 0.29) is 0 Å². The first kappa shape index (κ1) is 11.7. The third-order valence-electron chi connectivity index (χ3n) is 4.03. The lowest BCUT2D eigenvalue weighted by Crippen LogP contribution is -2.38. The molecule has 4 nitrogen and oxygen atoms in total. The van der Waals surface area contributed by atoms with Crippen LogP contribution in [0.2, 0.25) is 0 Å². The fourth-order valence-electron chi connectivity index (χ4n) is 2.60. The van der Waals surface area contributed by atoms with Gasteiger partial charge in [-0.2, -0.15) is 0 Å². The summed E-state index contributed by atoms with van der Waals surface area (Å²) in [6.45, 7) is 11.7. The van der Waals surface area contributed by atoms with Gasteiger partial charge >= 0.3 is 0 Å². The first-order valence-electron chi connectivity index (χ1n) is 6.63. The van der Waals surface area contributed by atoms with Crippen LogP contribution in [0, 0.1) is 13.8 Å². The molecule has 3 rings (SSSR count). The normalized spacial score (nSPS) is 16.5. The molecule has 96 valence electrons. The zero-order valence-electron chi connectivity index (χ0n) is 11.6. The molecule has 0 unspecified atom stereocenters. The van der Waals surface area contributed by atoms with Crippen LogP contribution in [0.5, 0.6) is 0 Å². The van der Waals surface area contributed by atoms with Crippen LogP contribution >= 0.6 is 0 Å². The van der Waals surface area contributed by atoms with Gasteiger partial charge in [-0.25, -0.2) is 9.97 Å². The zero-order chi connectivity index (χ0) is 12.9. The summed E-state index contributed by atoms with van der Waals surface area (Å²) in [4.78, 5) is 11.8. The highest BCUT2D eigenvalue weighted by molar-refractivity contribution is 5.76. The van der Waals surface area contributed by atoms with E-state index >= 15 is 0 Å². The number of pyridine rings is 1. The monoisotopic (exact) mass is 244 g/mol. The molecule has 0 N–H and O–H groups in total. The average molecular weight is 244 g/mol. The van der Waals surface area contributed by atoms with E-state index in [0.717, 1.165) is 36.6 Å². The van der Waals surface area contributed by atoms with Crippen LogP contribution in [0.1, 0.15) is 30.8 Å². The number of nitrogens with zero attached hydrogens (tertiary/aromatic N) is 4. The van der Waals surface area contributed by atoms with Gasteiger partial charge in [0.1, 0.15) is 11.3 Å². The van der Waals surface area contributed by atoms with Crippen molar-refractivity contribution in [2.75, 3.05) is 6.54 Å². The number of fused-ring (bicyclic) bond motifs is 3. The van der Waals surface area contributed by atoms with Gasteiger partial charge < -0.3 is 4.57 Å². The molecule has 0 aliphatic carbocycles. The minimum atomic E-state index is 0.578. The van der Waals surface area contributed by atoms with Gasteiger partial charge in [0.25, 0.3) is 0 Å². The van der Waals surface area contributed by atoms with E-state index in [2.05, 4.69) is 42.1 Å². The topological polar surface area (TPSA) is 34.0 Å². The Morgan fingerprint density at radius 3 is 2.72 bits per heavy atom. The maximum absolute atomic E-state index is 4.81. The first-order valence-corrected chi connectivity index (χ1v) is 6.63. The molecule has 1 aliphatic heterocycles. The quantitative estimate of drug-likeness (QED) is 0.771. The molecule has 1 aliphatic rings. The van der Waals surface area contributed by atoms with Crippen LogP contribution < -0.4 is 0 Å². The summed E-state index contributed by atoms with van der Waals surface area (Å²) in [6, 6.07) is 0.578. The Morgan fingerprint density at radius 2 is 2.00 bits per heavy atom. The Kier molecular flexibility index (Phi) is 2.63. The van der Waals surface area contributed by atoms with E-state index in [1.54, 1.807) is 0 Å². The highest BCUT2D eigenvalue weighted by atomic mass is 15.3. The van der Waals surface area contributed by atoms with Crippen molar-refractivity contribution in [3.05, 3.63) is 23.1 Å². The van der Waals surface area contributed by atoms with Gasteiger partial charge in [0.2, 0.25) is 0 Å². The van der Waals surface area contributed by atoms with E-state index in [1.807, 2.05) is 6.20 Å². The van der Waals surface area contributed by atoms with Gasteiger partial charge in [0, 0.05) is 25.3 Å². The van der Waals surface area contributed by atoms with E-state index in [1.165, 1.54) is 11.1 Å². The van der Waals surface area contributed by atoms with Crippen LogP contribution in [-0.2, 0) is 13.1 Å². The van der Waals surface area contributed by atoms with Crippen molar-refractivity contribution in [1.29, 1.82) is 0 Å². The number of rotatable bonds is 1. The largest absolute Gasteiger partial charge is 0.310 e. The molecule has 0 aromatic carbocycles. The van der Waals surface area contributed by atoms with Crippen LogP contribution in [0.3, 0.4) is 0 Å². The molecule has 0 amide bonds. The summed E-state index contributed by atoms with van der Waals surface area (Å²) in [5, 5.41) is 0. The van der Waals surface area contributed by atoms with Crippen LogP contribution in [0.4, 0.5) is 0 Å². The highest BCUT2D eigenvalue weighted by Crippen LogP contribution is 2.23. The second-order valence-electron chi connectivity index (χ2n) is 5.48. The number of hydrogen-bond acceptors (Lipinski definition) is 3. The fourth-order valence-corrected chi connectivity index (χ4v) is 2.60. The summed E-state index contributed by atoms with van der Waals surface area (Å²) in [5.41, 5.74) is 4.61. The Balaban J connectivity index is 2.12. The molecule has 2 aromatic rings. The lowest BCUT2D eigenvalue weighted by atomic mass is 10.2. The maximum atomic E-state index is 4.81. The number of imidazole rings is 1.